The molecule has 0 saturated heterocycles. The number of rotatable bonds is 12. The first-order chi connectivity index (χ1) is 20.9. The molecule has 4 aromatic rings. The number of aromatic nitrogens is 2. The predicted octanol–water partition coefficient (Wildman–Crippen LogP) is 7.39. The lowest BCUT2D eigenvalue weighted by Gasteiger charge is -2.31. The van der Waals surface area contributed by atoms with E-state index < -0.39 is 33.8 Å². The van der Waals surface area contributed by atoms with Crippen molar-refractivity contribution in [2.45, 2.75) is 58.5 Å². The number of anilines is 1. The summed E-state index contributed by atoms with van der Waals surface area (Å²) in [4.78, 5) is 2.08. The van der Waals surface area contributed by atoms with Gasteiger partial charge in [0.1, 0.15) is 27.9 Å². The van der Waals surface area contributed by atoms with E-state index in [0.29, 0.717) is 30.2 Å². The van der Waals surface area contributed by atoms with Crippen LogP contribution in [0.3, 0.4) is 0 Å². The quantitative estimate of drug-likeness (QED) is 0.165. The average Bonchev–Trinajstić information content (AvgIpc) is 2.98. The van der Waals surface area contributed by atoms with Crippen molar-refractivity contribution in [2.24, 2.45) is 5.92 Å². The van der Waals surface area contributed by atoms with Crippen LogP contribution in [0.2, 0.25) is 0 Å². The molecule has 2 atom stereocenters. The van der Waals surface area contributed by atoms with Gasteiger partial charge in [-0.3, -0.25) is 0 Å². The molecule has 0 saturated carbocycles. The second kappa shape index (κ2) is 14.4. The van der Waals surface area contributed by atoms with Crippen molar-refractivity contribution >= 4 is 17.2 Å². The van der Waals surface area contributed by atoms with Crippen molar-refractivity contribution in [3.8, 4) is 22.8 Å². The van der Waals surface area contributed by atoms with Gasteiger partial charge in [0.25, 0.3) is 0 Å². The minimum atomic E-state index is -1.43. The van der Waals surface area contributed by atoms with Crippen LogP contribution in [0.25, 0.3) is 11.3 Å². The number of nitrogens with zero attached hydrogens (tertiary/aromatic N) is 3. The summed E-state index contributed by atoms with van der Waals surface area (Å²) in [6, 6.07) is 20.3. The molecule has 0 aliphatic rings. The van der Waals surface area contributed by atoms with Gasteiger partial charge in [0.15, 0.2) is 5.82 Å². The lowest BCUT2D eigenvalue weighted by molar-refractivity contribution is 0.414. The van der Waals surface area contributed by atoms with E-state index >= 15 is 0 Å². The van der Waals surface area contributed by atoms with Crippen molar-refractivity contribution in [3.05, 3.63) is 101 Å². The second-order valence-corrected chi connectivity index (χ2v) is 13.9. The minimum absolute atomic E-state index is 0.0490. The fourth-order valence-electron chi connectivity index (χ4n) is 4.67. The number of halogens is 2. The normalized spacial score (nSPS) is 13.1. The van der Waals surface area contributed by atoms with Crippen LogP contribution < -0.4 is 19.1 Å². The summed E-state index contributed by atoms with van der Waals surface area (Å²) in [7, 11) is 3.25. The van der Waals surface area contributed by atoms with Crippen molar-refractivity contribution in [2.75, 3.05) is 19.1 Å². The van der Waals surface area contributed by atoms with Gasteiger partial charge in [0.2, 0.25) is 0 Å². The molecule has 0 spiro atoms. The topological polar surface area (TPSA) is 82.6 Å². The lowest BCUT2D eigenvalue weighted by atomic mass is 9.93. The van der Waals surface area contributed by atoms with Gasteiger partial charge in [-0.25, -0.2) is 8.78 Å². The van der Waals surface area contributed by atoms with Crippen LogP contribution >= 0.6 is 0 Å². The van der Waals surface area contributed by atoms with E-state index in [1.165, 1.54) is 12.1 Å². The molecule has 0 bridgehead atoms. The molecule has 1 N–H and O–H groups in total. The highest BCUT2D eigenvalue weighted by Gasteiger charge is 2.33. The largest absolute Gasteiger partial charge is 0.598 e. The lowest BCUT2D eigenvalue weighted by Crippen LogP contribution is -2.43. The van der Waals surface area contributed by atoms with E-state index in [1.54, 1.807) is 14.2 Å². The molecule has 1 unspecified atom stereocenters. The highest BCUT2D eigenvalue weighted by atomic mass is 32.2. The molecule has 0 aliphatic heterocycles. The van der Waals surface area contributed by atoms with E-state index in [9.17, 15) is 13.3 Å². The van der Waals surface area contributed by atoms with Crippen molar-refractivity contribution in [1.82, 2.24) is 14.9 Å². The third-order valence-corrected chi connectivity index (χ3v) is 8.71. The van der Waals surface area contributed by atoms with Gasteiger partial charge in [-0.1, -0.05) is 38.1 Å². The Hall–Kier alpha value is -3.73. The molecule has 0 fully saturated rings. The number of ether oxygens (including phenoxy) is 2. The summed E-state index contributed by atoms with van der Waals surface area (Å²) < 4.78 is 55.5. The average molecular weight is 623 g/mol. The summed E-state index contributed by atoms with van der Waals surface area (Å²) in [5, 5.41) is 9.14. The third kappa shape index (κ3) is 8.46. The van der Waals surface area contributed by atoms with Crippen LogP contribution in [-0.4, -0.2) is 33.7 Å². The maximum atomic E-state index is 14.4. The standard InChI is InChI=1S/C34H40F2N4O3S/c1-22(2)32(39-44(41)34(3,4)5)30-19-31(37-38-33(30)25-16-26(35)18-27(36)17-25)40(20-23-8-12-28(42-6)13-9-23)21-24-10-14-29(43-7)15-11-24/h8-19,22,32,39H,20-21H2,1-7H3/t32-,44?/m0/s1. The van der Waals surface area contributed by atoms with E-state index in [-0.39, 0.29) is 11.5 Å². The maximum Gasteiger partial charge on any atom is 0.152 e. The van der Waals surface area contributed by atoms with E-state index in [4.69, 9.17) is 9.47 Å². The summed E-state index contributed by atoms with van der Waals surface area (Å²) in [5.74, 6) is 0.576. The highest BCUT2D eigenvalue weighted by Crippen LogP contribution is 2.35. The molecule has 3 aromatic carbocycles. The Bertz CT molecular complexity index is 1460. The number of nitrogens with one attached hydrogen (secondary N) is 1. The molecular weight excluding hydrogens is 582 g/mol. The number of benzene rings is 3. The van der Waals surface area contributed by atoms with E-state index in [2.05, 4.69) is 19.8 Å². The smallest absolute Gasteiger partial charge is 0.152 e. The van der Waals surface area contributed by atoms with Crippen LogP contribution in [0, 0.1) is 17.6 Å². The van der Waals surface area contributed by atoms with Gasteiger partial charge in [-0.15, -0.1) is 14.9 Å². The van der Waals surface area contributed by atoms with Gasteiger partial charge in [-0.05, 0) is 80.3 Å². The molecule has 4 rings (SSSR count). The Kier molecular flexibility index (Phi) is 10.8. The number of hydrogen-bond donors (Lipinski definition) is 1. The molecule has 1 heterocycles. The van der Waals surface area contributed by atoms with Crippen LogP contribution in [0.5, 0.6) is 11.5 Å². The van der Waals surface area contributed by atoms with Crippen LogP contribution in [0.1, 0.15) is 57.4 Å². The van der Waals surface area contributed by atoms with E-state index in [0.717, 1.165) is 28.7 Å². The molecule has 234 valence electrons. The Morgan fingerprint density at radius 1 is 0.818 bits per heavy atom. The fourth-order valence-corrected chi connectivity index (χ4v) is 5.66. The molecule has 10 heteroatoms. The Morgan fingerprint density at radius 3 is 1.75 bits per heavy atom. The van der Waals surface area contributed by atoms with Gasteiger partial charge < -0.3 is 18.9 Å². The van der Waals surface area contributed by atoms with Crippen LogP contribution in [0.4, 0.5) is 14.6 Å². The molecule has 1 aromatic heterocycles. The van der Waals surface area contributed by atoms with Gasteiger partial charge in [-0.2, -0.15) is 0 Å². The van der Waals surface area contributed by atoms with Crippen LogP contribution in [-0.2, 0) is 24.5 Å². The summed E-state index contributed by atoms with van der Waals surface area (Å²) >= 11 is -1.43. The van der Waals surface area contributed by atoms with Crippen molar-refractivity contribution in [3.63, 3.8) is 0 Å². The maximum absolute atomic E-state index is 14.4. The zero-order chi connectivity index (χ0) is 32.0. The van der Waals surface area contributed by atoms with Crippen LogP contribution in [0.15, 0.2) is 72.8 Å². The highest BCUT2D eigenvalue weighted by molar-refractivity contribution is 7.90. The number of methoxy groups -OCH3 is 2. The first-order valence-electron chi connectivity index (χ1n) is 14.4. The minimum Gasteiger partial charge on any atom is -0.598 e. The number of hydrogen-bond acceptors (Lipinski definition) is 7. The van der Waals surface area contributed by atoms with Gasteiger partial charge in [0, 0.05) is 41.6 Å². The molecule has 0 radical (unpaired) electrons. The molecule has 0 aliphatic carbocycles. The van der Waals surface area contributed by atoms with Gasteiger partial charge in [0.05, 0.1) is 26.0 Å². The van der Waals surface area contributed by atoms with Gasteiger partial charge >= 0.3 is 0 Å². The zero-order valence-electron chi connectivity index (χ0n) is 26.2. The zero-order valence-corrected chi connectivity index (χ0v) is 27.0. The molecule has 0 amide bonds. The first-order valence-corrected chi connectivity index (χ1v) is 15.6. The molecule has 44 heavy (non-hydrogen) atoms. The Balaban J connectivity index is 1.85. The van der Waals surface area contributed by atoms with Crippen molar-refractivity contribution in [1.29, 1.82) is 0 Å². The first kappa shape index (κ1) is 33.2. The molecular formula is C34H40F2N4O3S. The fraction of sp³-hybridized carbons (Fsp3) is 0.353. The summed E-state index contributed by atoms with van der Waals surface area (Å²) in [6.07, 6.45) is 0. The van der Waals surface area contributed by atoms with E-state index in [1.807, 2.05) is 89.2 Å². The Morgan fingerprint density at radius 2 is 1.32 bits per heavy atom. The molecule has 7 nitrogen and oxygen atoms in total. The summed E-state index contributed by atoms with van der Waals surface area (Å²) in [6.45, 7) is 10.6. The summed E-state index contributed by atoms with van der Waals surface area (Å²) in [5.41, 5.74) is 3.25. The SMILES string of the molecule is COc1ccc(CN(Cc2ccc(OC)cc2)c2cc([C@@H](N[S+]([O-])C(C)(C)C)C(C)C)c(-c3cc(F)cc(F)c3)nn2)cc1. The Labute approximate surface area is 261 Å². The van der Waals surface area contributed by atoms with Crippen molar-refractivity contribution < 1.29 is 22.8 Å². The second-order valence-electron chi connectivity index (χ2n) is 11.9. The monoisotopic (exact) mass is 622 g/mol. The third-order valence-electron chi connectivity index (χ3n) is 7.13. The predicted molar refractivity (Wildman–Crippen MR) is 172 cm³/mol.